The van der Waals surface area contributed by atoms with Crippen molar-refractivity contribution in [2.24, 2.45) is 10.9 Å². The number of hydrogen-bond donors (Lipinski definition) is 1. The monoisotopic (exact) mass is 214 g/mol. The summed E-state index contributed by atoms with van der Waals surface area (Å²) in [5, 5.41) is 2.71. The molecule has 0 bridgehead atoms. The van der Waals surface area contributed by atoms with Gasteiger partial charge in [0, 0.05) is 19.8 Å². The van der Waals surface area contributed by atoms with Crippen LogP contribution in [0.3, 0.4) is 0 Å². The molecule has 1 N–H and O–H groups in total. The van der Waals surface area contributed by atoms with Crippen molar-refractivity contribution >= 4 is 12.3 Å². The summed E-state index contributed by atoms with van der Waals surface area (Å²) in [5.74, 6) is 0.380. The topological polar surface area (TPSA) is 50.7 Å². The summed E-state index contributed by atoms with van der Waals surface area (Å²) in [5.41, 5.74) is -0.430. The molecule has 4 heteroatoms. The Morgan fingerprint density at radius 3 is 2.60 bits per heavy atom. The van der Waals surface area contributed by atoms with E-state index in [1.807, 2.05) is 27.0 Å². The highest BCUT2D eigenvalue weighted by atomic mass is 16.6. The molecule has 0 radical (unpaired) electrons. The Hall–Kier alpha value is -1.06. The Balaban J connectivity index is 3.64. The SMILES string of the molecule is CN=CC(C)CCNC(=O)OC(C)(C)C. The molecule has 88 valence electrons. The highest BCUT2D eigenvalue weighted by molar-refractivity contribution is 5.67. The van der Waals surface area contributed by atoms with Gasteiger partial charge in [0.15, 0.2) is 0 Å². The van der Waals surface area contributed by atoms with Crippen molar-refractivity contribution < 1.29 is 9.53 Å². The molecule has 1 amide bonds. The van der Waals surface area contributed by atoms with Crippen LogP contribution in [0.25, 0.3) is 0 Å². The first-order chi connectivity index (χ1) is 6.85. The molecule has 0 rings (SSSR count). The summed E-state index contributed by atoms with van der Waals surface area (Å²) >= 11 is 0. The third kappa shape index (κ3) is 9.25. The number of carbonyl (C=O) groups excluding carboxylic acids is 1. The van der Waals surface area contributed by atoms with Crippen LogP contribution in [0.15, 0.2) is 4.99 Å². The molecule has 0 aliphatic heterocycles. The predicted molar refractivity (Wildman–Crippen MR) is 62.4 cm³/mol. The van der Waals surface area contributed by atoms with Gasteiger partial charge < -0.3 is 15.0 Å². The predicted octanol–water partition coefficient (Wildman–Crippen LogP) is 2.24. The Kier molecular flexibility index (Phi) is 5.97. The molecule has 0 fully saturated rings. The maximum Gasteiger partial charge on any atom is 0.407 e. The number of nitrogens with one attached hydrogen (secondary N) is 1. The molecule has 15 heavy (non-hydrogen) atoms. The van der Waals surface area contributed by atoms with E-state index in [2.05, 4.69) is 17.2 Å². The van der Waals surface area contributed by atoms with E-state index in [0.717, 1.165) is 6.42 Å². The summed E-state index contributed by atoms with van der Waals surface area (Å²) in [6.45, 7) is 8.21. The van der Waals surface area contributed by atoms with Crippen LogP contribution < -0.4 is 5.32 Å². The number of rotatable bonds is 4. The van der Waals surface area contributed by atoms with E-state index in [1.165, 1.54) is 0 Å². The largest absolute Gasteiger partial charge is 0.444 e. The highest BCUT2D eigenvalue weighted by Crippen LogP contribution is 2.06. The van der Waals surface area contributed by atoms with Crippen LogP contribution in [-0.4, -0.2) is 31.5 Å². The number of alkyl carbamates (subject to hydrolysis) is 1. The van der Waals surface area contributed by atoms with Crippen LogP contribution in [0.5, 0.6) is 0 Å². The Bertz CT molecular complexity index is 219. The summed E-state index contributed by atoms with van der Waals surface area (Å²) < 4.78 is 5.10. The minimum atomic E-state index is -0.430. The highest BCUT2D eigenvalue weighted by Gasteiger charge is 2.15. The first-order valence-corrected chi connectivity index (χ1v) is 5.24. The molecule has 0 aromatic heterocycles. The number of nitrogens with zero attached hydrogens (tertiary/aromatic N) is 1. The smallest absolute Gasteiger partial charge is 0.407 e. The van der Waals surface area contributed by atoms with E-state index in [0.29, 0.717) is 12.5 Å². The lowest BCUT2D eigenvalue weighted by atomic mass is 10.1. The lowest BCUT2D eigenvalue weighted by Crippen LogP contribution is -2.33. The third-order valence-corrected chi connectivity index (χ3v) is 1.67. The quantitative estimate of drug-likeness (QED) is 0.730. The summed E-state index contributed by atoms with van der Waals surface area (Å²) in [4.78, 5) is 15.2. The molecule has 0 saturated carbocycles. The van der Waals surface area contributed by atoms with Gasteiger partial charge in [-0.1, -0.05) is 6.92 Å². The van der Waals surface area contributed by atoms with Crippen molar-refractivity contribution in [2.75, 3.05) is 13.6 Å². The van der Waals surface area contributed by atoms with Crippen molar-refractivity contribution in [3.8, 4) is 0 Å². The van der Waals surface area contributed by atoms with Crippen molar-refractivity contribution in [1.29, 1.82) is 0 Å². The second-order valence-corrected chi connectivity index (χ2v) is 4.60. The van der Waals surface area contributed by atoms with E-state index >= 15 is 0 Å². The molecule has 4 nitrogen and oxygen atoms in total. The van der Waals surface area contributed by atoms with Crippen molar-refractivity contribution in [2.45, 2.75) is 39.7 Å². The van der Waals surface area contributed by atoms with Crippen molar-refractivity contribution in [3.05, 3.63) is 0 Å². The average Bonchev–Trinajstić information content (AvgIpc) is 2.00. The third-order valence-electron chi connectivity index (χ3n) is 1.67. The maximum atomic E-state index is 11.2. The van der Waals surface area contributed by atoms with E-state index in [9.17, 15) is 4.79 Å². The zero-order chi connectivity index (χ0) is 11.9. The average molecular weight is 214 g/mol. The normalized spacial score (nSPS) is 13.9. The number of aliphatic imine (C=N–C) groups is 1. The summed E-state index contributed by atoms with van der Waals surface area (Å²) in [6, 6.07) is 0. The van der Waals surface area contributed by atoms with Gasteiger partial charge in [-0.15, -0.1) is 0 Å². The van der Waals surface area contributed by atoms with Gasteiger partial charge in [0.2, 0.25) is 0 Å². The molecular weight excluding hydrogens is 192 g/mol. The first-order valence-electron chi connectivity index (χ1n) is 5.24. The molecule has 1 unspecified atom stereocenters. The van der Waals surface area contributed by atoms with Crippen molar-refractivity contribution in [3.63, 3.8) is 0 Å². The number of carbonyl (C=O) groups is 1. The van der Waals surface area contributed by atoms with Gasteiger partial charge in [-0.25, -0.2) is 4.79 Å². The lowest BCUT2D eigenvalue weighted by Gasteiger charge is -2.19. The molecular formula is C11H22N2O2. The minimum absolute atomic E-state index is 0.358. The fraction of sp³-hybridized carbons (Fsp3) is 0.818. The maximum absolute atomic E-state index is 11.2. The van der Waals surface area contributed by atoms with Gasteiger partial charge in [0.05, 0.1) is 0 Å². The molecule has 0 aliphatic rings. The summed E-state index contributed by atoms with van der Waals surface area (Å²) in [6.07, 6.45) is 2.39. The van der Waals surface area contributed by atoms with E-state index in [-0.39, 0.29) is 6.09 Å². The second kappa shape index (κ2) is 6.43. The van der Waals surface area contributed by atoms with E-state index < -0.39 is 5.60 Å². The Morgan fingerprint density at radius 2 is 2.13 bits per heavy atom. The fourth-order valence-electron chi connectivity index (χ4n) is 1.05. The van der Waals surface area contributed by atoms with Gasteiger partial charge in [-0.05, 0) is 33.1 Å². The van der Waals surface area contributed by atoms with E-state index in [4.69, 9.17) is 4.74 Å². The Labute approximate surface area is 92.1 Å². The number of amides is 1. The zero-order valence-electron chi connectivity index (χ0n) is 10.3. The Morgan fingerprint density at radius 1 is 1.53 bits per heavy atom. The molecule has 0 spiro atoms. The van der Waals surface area contributed by atoms with Crippen LogP contribution in [-0.2, 0) is 4.74 Å². The molecule has 0 heterocycles. The second-order valence-electron chi connectivity index (χ2n) is 4.60. The fourth-order valence-corrected chi connectivity index (χ4v) is 1.05. The van der Waals surface area contributed by atoms with Crippen LogP contribution in [0.2, 0.25) is 0 Å². The molecule has 0 saturated heterocycles. The van der Waals surface area contributed by atoms with Gasteiger partial charge >= 0.3 is 6.09 Å². The van der Waals surface area contributed by atoms with Gasteiger partial charge in [-0.2, -0.15) is 0 Å². The van der Waals surface area contributed by atoms with Crippen LogP contribution in [0.1, 0.15) is 34.1 Å². The van der Waals surface area contributed by atoms with Gasteiger partial charge in [0.1, 0.15) is 5.60 Å². The minimum Gasteiger partial charge on any atom is -0.444 e. The van der Waals surface area contributed by atoms with E-state index in [1.54, 1.807) is 7.05 Å². The lowest BCUT2D eigenvalue weighted by molar-refractivity contribution is 0.0526. The number of hydrogen-bond acceptors (Lipinski definition) is 3. The van der Waals surface area contributed by atoms with Crippen LogP contribution in [0.4, 0.5) is 4.79 Å². The number of ether oxygens (including phenoxy) is 1. The van der Waals surface area contributed by atoms with Crippen molar-refractivity contribution in [1.82, 2.24) is 5.32 Å². The standard InChI is InChI=1S/C11H22N2O2/c1-9(8-12-5)6-7-13-10(14)15-11(2,3)4/h8-9H,6-7H2,1-5H3,(H,13,14). The van der Waals surface area contributed by atoms with Crippen LogP contribution in [0, 0.1) is 5.92 Å². The van der Waals surface area contributed by atoms with Gasteiger partial charge in [0.25, 0.3) is 0 Å². The summed E-state index contributed by atoms with van der Waals surface area (Å²) in [7, 11) is 1.75. The molecule has 1 atom stereocenters. The van der Waals surface area contributed by atoms with Gasteiger partial charge in [-0.3, -0.25) is 0 Å². The molecule has 0 aromatic carbocycles. The molecule has 0 aromatic rings. The van der Waals surface area contributed by atoms with Crippen LogP contribution >= 0.6 is 0 Å². The first kappa shape index (κ1) is 13.9. The zero-order valence-corrected chi connectivity index (χ0v) is 10.3. The molecule has 0 aliphatic carbocycles.